The van der Waals surface area contributed by atoms with Crippen LogP contribution in [-0.4, -0.2) is 18.5 Å². The van der Waals surface area contributed by atoms with Gasteiger partial charge in [0.15, 0.2) is 0 Å². The van der Waals surface area contributed by atoms with Crippen LogP contribution in [0.3, 0.4) is 0 Å². The monoisotopic (exact) mass is 334 g/mol. The standard InChI is InChI=1S/C13H19BrN2O.ClH/c1-10(15)8-9-16-13(17)7-4-11-2-5-12(14)6-3-11;/h2-3,5-6,10H,4,7-9,15H2,1H3,(H,16,17);1H. The highest BCUT2D eigenvalue weighted by molar-refractivity contribution is 9.10. The Morgan fingerprint density at radius 3 is 2.56 bits per heavy atom. The number of halogens is 2. The molecular weight excluding hydrogens is 316 g/mol. The van der Waals surface area contributed by atoms with Crippen LogP contribution in [-0.2, 0) is 11.2 Å². The molecule has 0 fully saturated rings. The predicted molar refractivity (Wildman–Crippen MR) is 81.0 cm³/mol. The highest BCUT2D eigenvalue weighted by Crippen LogP contribution is 2.11. The molecule has 1 amide bonds. The summed E-state index contributed by atoms with van der Waals surface area (Å²) >= 11 is 3.38. The first kappa shape index (κ1) is 17.4. The molecule has 0 heterocycles. The van der Waals surface area contributed by atoms with Crippen LogP contribution < -0.4 is 11.1 Å². The molecule has 1 unspecified atom stereocenters. The quantitative estimate of drug-likeness (QED) is 0.840. The van der Waals surface area contributed by atoms with Crippen LogP contribution in [0.4, 0.5) is 0 Å². The molecule has 0 aliphatic rings. The maximum Gasteiger partial charge on any atom is 0.220 e. The molecule has 5 heteroatoms. The van der Waals surface area contributed by atoms with Crippen molar-refractivity contribution in [3.8, 4) is 0 Å². The van der Waals surface area contributed by atoms with Crippen molar-refractivity contribution in [1.82, 2.24) is 5.32 Å². The molecular formula is C13H20BrClN2O. The number of amides is 1. The second kappa shape index (κ2) is 9.36. The fourth-order valence-corrected chi connectivity index (χ4v) is 1.70. The molecule has 0 bridgehead atoms. The van der Waals surface area contributed by atoms with Crippen LogP contribution in [0.2, 0.25) is 0 Å². The molecule has 0 aliphatic carbocycles. The average Bonchev–Trinajstić information content (AvgIpc) is 2.28. The third kappa shape index (κ3) is 7.69. The van der Waals surface area contributed by atoms with E-state index in [1.54, 1.807) is 0 Å². The van der Waals surface area contributed by atoms with Crippen molar-refractivity contribution < 1.29 is 4.79 Å². The van der Waals surface area contributed by atoms with Crippen LogP contribution in [0.1, 0.15) is 25.3 Å². The zero-order valence-electron chi connectivity index (χ0n) is 10.5. The molecule has 0 aliphatic heterocycles. The predicted octanol–water partition coefficient (Wildman–Crippen LogP) is 2.66. The van der Waals surface area contributed by atoms with Gasteiger partial charge in [0.2, 0.25) is 5.91 Å². The van der Waals surface area contributed by atoms with Gasteiger partial charge < -0.3 is 11.1 Å². The van der Waals surface area contributed by atoms with Gasteiger partial charge in [-0.05, 0) is 37.5 Å². The summed E-state index contributed by atoms with van der Waals surface area (Å²) in [5.41, 5.74) is 6.78. The SMILES string of the molecule is CC(N)CCNC(=O)CCc1ccc(Br)cc1.Cl. The fraction of sp³-hybridized carbons (Fsp3) is 0.462. The van der Waals surface area contributed by atoms with Gasteiger partial charge in [-0.25, -0.2) is 0 Å². The van der Waals surface area contributed by atoms with E-state index >= 15 is 0 Å². The Kier molecular flexibility index (Phi) is 9.06. The largest absolute Gasteiger partial charge is 0.356 e. The topological polar surface area (TPSA) is 55.1 Å². The van der Waals surface area contributed by atoms with E-state index in [9.17, 15) is 4.79 Å². The van der Waals surface area contributed by atoms with E-state index in [0.29, 0.717) is 13.0 Å². The molecule has 1 aromatic rings. The lowest BCUT2D eigenvalue weighted by atomic mass is 10.1. The lowest BCUT2D eigenvalue weighted by molar-refractivity contribution is -0.121. The second-order valence-electron chi connectivity index (χ2n) is 4.24. The van der Waals surface area contributed by atoms with E-state index in [-0.39, 0.29) is 24.4 Å². The normalized spacial score (nSPS) is 11.5. The smallest absolute Gasteiger partial charge is 0.220 e. The summed E-state index contributed by atoms with van der Waals surface area (Å²) in [4.78, 5) is 11.5. The van der Waals surface area contributed by atoms with Crippen molar-refractivity contribution in [2.45, 2.75) is 32.2 Å². The Hall–Kier alpha value is -0.580. The maximum absolute atomic E-state index is 11.5. The minimum absolute atomic E-state index is 0. The molecule has 3 N–H and O–H groups in total. The molecule has 0 spiro atoms. The van der Waals surface area contributed by atoms with Gasteiger partial charge in [-0.2, -0.15) is 0 Å². The third-order valence-electron chi connectivity index (χ3n) is 2.48. The summed E-state index contributed by atoms with van der Waals surface area (Å²) in [5, 5.41) is 2.87. The minimum Gasteiger partial charge on any atom is -0.356 e. The maximum atomic E-state index is 11.5. The van der Waals surface area contributed by atoms with Crippen LogP contribution >= 0.6 is 28.3 Å². The first-order valence-corrected chi connectivity index (χ1v) is 6.64. The third-order valence-corrected chi connectivity index (χ3v) is 3.00. The van der Waals surface area contributed by atoms with Gasteiger partial charge in [-0.15, -0.1) is 12.4 Å². The Labute approximate surface area is 123 Å². The van der Waals surface area contributed by atoms with E-state index in [1.807, 2.05) is 31.2 Å². The molecule has 0 saturated heterocycles. The number of rotatable bonds is 6. The molecule has 0 aromatic heterocycles. The number of hydrogen-bond donors (Lipinski definition) is 2. The van der Waals surface area contributed by atoms with Gasteiger partial charge in [0.25, 0.3) is 0 Å². The second-order valence-corrected chi connectivity index (χ2v) is 5.16. The van der Waals surface area contributed by atoms with Crippen molar-refractivity contribution in [3.63, 3.8) is 0 Å². The lowest BCUT2D eigenvalue weighted by Gasteiger charge is -2.07. The molecule has 18 heavy (non-hydrogen) atoms. The summed E-state index contributed by atoms with van der Waals surface area (Å²) < 4.78 is 1.06. The lowest BCUT2D eigenvalue weighted by Crippen LogP contribution is -2.29. The zero-order chi connectivity index (χ0) is 12.7. The average molecular weight is 336 g/mol. The molecule has 1 atom stereocenters. The summed E-state index contributed by atoms with van der Waals surface area (Å²) in [6, 6.07) is 8.17. The Morgan fingerprint density at radius 1 is 1.39 bits per heavy atom. The van der Waals surface area contributed by atoms with Crippen LogP contribution in [0.25, 0.3) is 0 Å². The Balaban J connectivity index is 0.00000289. The fourth-order valence-electron chi connectivity index (χ4n) is 1.44. The van der Waals surface area contributed by atoms with Crippen LogP contribution in [0.15, 0.2) is 28.7 Å². The van der Waals surface area contributed by atoms with Crippen molar-refractivity contribution in [3.05, 3.63) is 34.3 Å². The van der Waals surface area contributed by atoms with E-state index in [4.69, 9.17) is 5.73 Å². The van der Waals surface area contributed by atoms with E-state index in [2.05, 4.69) is 21.2 Å². The number of nitrogens with one attached hydrogen (secondary N) is 1. The van der Waals surface area contributed by atoms with Gasteiger partial charge in [0, 0.05) is 23.5 Å². The van der Waals surface area contributed by atoms with Crippen molar-refractivity contribution >= 4 is 34.2 Å². The Morgan fingerprint density at radius 2 is 2.00 bits per heavy atom. The first-order valence-electron chi connectivity index (χ1n) is 5.84. The number of aryl methyl sites for hydroxylation is 1. The summed E-state index contributed by atoms with van der Waals surface area (Å²) in [6.45, 7) is 2.60. The highest BCUT2D eigenvalue weighted by atomic mass is 79.9. The van der Waals surface area contributed by atoms with Gasteiger partial charge >= 0.3 is 0 Å². The molecule has 0 saturated carbocycles. The van der Waals surface area contributed by atoms with Crippen LogP contribution in [0.5, 0.6) is 0 Å². The van der Waals surface area contributed by atoms with Crippen molar-refractivity contribution in [2.75, 3.05) is 6.54 Å². The van der Waals surface area contributed by atoms with E-state index in [0.717, 1.165) is 17.3 Å². The molecule has 1 rings (SSSR count). The Bertz CT molecular complexity index is 355. The summed E-state index contributed by atoms with van der Waals surface area (Å²) in [7, 11) is 0. The van der Waals surface area contributed by atoms with Crippen molar-refractivity contribution in [2.24, 2.45) is 5.73 Å². The number of hydrogen-bond acceptors (Lipinski definition) is 2. The van der Waals surface area contributed by atoms with Gasteiger partial charge in [0.05, 0.1) is 0 Å². The highest BCUT2D eigenvalue weighted by Gasteiger charge is 2.02. The summed E-state index contributed by atoms with van der Waals surface area (Å²) in [6.07, 6.45) is 2.13. The minimum atomic E-state index is 0. The van der Waals surface area contributed by atoms with Gasteiger partial charge in [0.1, 0.15) is 0 Å². The number of carbonyl (C=O) groups excluding carboxylic acids is 1. The van der Waals surface area contributed by atoms with Crippen molar-refractivity contribution in [1.29, 1.82) is 0 Å². The first-order chi connectivity index (χ1) is 8.08. The molecule has 1 aromatic carbocycles. The van der Waals surface area contributed by atoms with Crippen LogP contribution in [0, 0.1) is 0 Å². The molecule has 0 radical (unpaired) electrons. The van der Waals surface area contributed by atoms with E-state index in [1.165, 1.54) is 5.56 Å². The number of benzene rings is 1. The number of carbonyl (C=O) groups is 1. The van der Waals surface area contributed by atoms with Gasteiger partial charge in [-0.3, -0.25) is 4.79 Å². The zero-order valence-corrected chi connectivity index (χ0v) is 12.9. The molecule has 102 valence electrons. The molecule has 3 nitrogen and oxygen atoms in total. The summed E-state index contributed by atoms with van der Waals surface area (Å²) in [5.74, 6) is 0.0913. The van der Waals surface area contributed by atoms with Gasteiger partial charge in [-0.1, -0.05) is 28.1 Å². The number of nitrogens with two attached hydrogens (primary N) is 1. The van der Waals surface area contributed by atoms with E-state index < -0.39 is 0 Å².